The van der Waals surface area contributed by atoms with Crippen molar-refractivity contribution in [3.8, 4) is 0 Å². The molecule has 0 saturated heterocycles. The smallest absolute Gasteiger partial charge is 0.325 e. The lowest BCUT2D eigenvalue weighted by molar-refractivity contribution is -0.148. The molecule has 0 aromatic heterocycles. The number of nitrogens with two attached hydrogens (primary N) is 1. The van der Waals surface area contributed by atoms with Crippen molar-refractivity contribution >= 4 is 58.9 Å². The van der Waals surface area contributed by atoms with Crippen LogP contribution in [0.15, 0.2) is 0 Å². The molecule has 0 aliphatic carbocycles. The number of carbonyl (C=O) groups is 10. The average Bonchev–Trinajstić information content (AvgIpc) is 3.01. The molecule has 252 valence electrons. The van der Waals surface area contributed by atoms with Crippen molar-refractivity contribution in [1.82, 2.24) is 31.1 Å². The maximum atomic E-state index is 12.6. The second-order valence-electron chi connectivity index (χ2n) is 9.29. The van der Waals surface area contributed by atoms with E-state index in [2.05, 4.69) is 30.7 Å². The van der Waals surface area contributed by atoms with E-state index in [4.69, 9.17) is 5.73 Å². The zero-order valence-corrected chi connectivity index (χ0v) is 25.6. The summed E-state index contributed by atoms with van der Waals surface area (Å²) in [6.07, 6.45) is 0.107. The lowest BCUT2D eigenvalue weighted by Gasteiger charge is -2.21. The SMILES string of the molecule is CCCC(=O)CNC(=O)CNC(=O)CN(CC(=O)OC)C(=O)CNC(=O)CCC(=O)CN(CC(=O)OC)C(=O)CNC(=O)CN. The molecule has 6 N–H and O–H groups in total. The van der Waals surface area contributed by atoms with Gasteiger partial charge in [0.25, 0.3) is 0 Å². The molecule has 0 fully saturated rings. The number of methoxy groups -OCH3 is 2. The highest BCUT2D eigenvalue weighted by molar-refractivity contribution is 5.94. The van der Waals surface area contributed by atoms with Crippen LogP contribution < -0.4 is 27.0 Å². The molecule has 0 spiro atoms. The number of Topliss-reactive ketones (excluding diaryl/α,β-unsaturated/α-hetero) is 2. The van der Waals surface area contributed by atoms with Crippen molar-refractivity contribution in [2.75, 3.05) is 73.1 Å². The van der Waals surface area contributed by atoms with E-state index in [1.807, 2.05) is 0 Å². The average molecular weight is 644 g/mol. The van der Waals surface area contributed by atoms with Gasteiger partial charge in [0.15, 0.2) is 11.6 Å². The van der Waals surface area contributed by atoms with Crippen LogP contribution in [0.3, 0.4) is 0 Å². The van der Waals surface area contributed by atoms with Gasteiger partial charge in [-0.3, -0.25) is 47.9 Å². The Kier molecular flexibility index (Phi) is 20.1. The van der Waals surface area contributed by atoms with Gasteiger partial charge in [0.05, 0.1) is 53.5 Å². The Labute approximate surface area is 259 Å². The molecule has 0 atom stereocenters. The van der Waals surface area contributed by atoms with E-state index in [9.17, 15) is 47.9 Å². The van der Waals surface area contributed by atoms with Crippen LogP contribution in [-0.4, -0.2) is 142 Å². The van der Waals surface area contributed by atoms with E-state index in [0.29, 0.717) is 12.8 Å². The lowest BCUT2D eigenvalue weighted by atomic mass is 10.2. The Balaban J connectivity index is 4.93. The number of rotatable bonds is 22. The quantitative estimate of drug-likeness (QED) is 0.0694. The Bertz CT molecular complexity index is 1110. The van der Waals surface area contributed by atoms with Crippen molar-refractivity contribution < 1.29 is 57.4 Å². The van der Waals surface area contributed by atoms with Gasteiger partial charge in [-0.1, -0.05) is 6.92 Å². The molecule has 0 bridgehead atoms. The number of carbonyl (C=O) groups excluding carboxylic acids is 10. The Hall–Kier alpha value is -4.94. The van der Waals surface area contributed by atoms with E-state index in [-0.39, 0.29) is 25.3 Å². The minimum atomic E-state index is -0.867. The maximum Gasteiger partial charge on any atom is 0.325 e. The van der Waals surface area contributed by atoms with Crippen molar-refractivity contribution in [3.05, 3.63) is 0 Å². The molecule has 0 aromatic carbocycles. The highest BCUT2D eigenvalue weighted by Crippen LogP contribution is 1.99. The molecule has 0 heterocycles. The normalized spacial score (nSPS) is 10.0. The molecule has 19 nitrogen and oxygen atoms in total. The molecule has 0 aliphatic rings. The van der Waals surface area contributed by atoms with Crippen molar-refractivity contribution in [3.63, 3.8) is 0 Å². The first kappa shape index (κ1) is 40.1. The van der Waals surface area contributed by atoms with Gasteiger partial charge < -0.3 is 46.3 Å². The molecule has 45 heavy (non-hydrogen) atoms. The van der Waals surface area contributed by atoms with Crippen molar-refractivity contribution in [1.29, 1.82) is 0 Å². The first-order valence-electron chi connectivity index (χ1n) is 13.8. The van der Waals surface area contributed by atoms with Crippen LogP contribution in [-0.2, 0) is 57.4 Å². The van der Waals surface area contributed by atoms with Crippen LogP contribution in [0.2, 0.25) is 0 Å². The minimum Gasteiger partial charge on any atom is -0.468 e. The molecule has 0 rings (SSSR count). The van der Waals surface area contributed by atoms with E-state index >= 15 is 0 Å². The monoisotopic (exact) mass is 643 g/mol. The van der Waals surface area contributed by atoms with Crippen LogP contribution in [0.4, 0.5) is 0 Å². The summed E-state index contributed by atoms with van der Waals surface area (Å²) >= 11 is 0. The molecular weight excluding hydrogens is 602 g/mol. The van der Waals surface area contributed by atoms with Gasteiger partial charge in [0.1, 0.15) is 19.6 Å². The number of hydrogen-bond acceptors (Lipinski definition) is 13. The summed E-state index contributed by atoms with van der Waals surface area (Å²) in [7, 11) is 2.14. The highest BCUT2D eigenvalue weighted by atomic mass is 16.5. The van der Waals surface area contributed by atoms with Crippen LogP contribution in [0.5, 0.6) is 0 Å². The first-order valence-corrected chi connectivity index (χ1v) is 13.8. The number of amides is 6. The van der Waals surface area contributed by atoms with Gasteiger partial charge in [-0.2, -0.15) is 0 Å². The van der Waals surface area contributed by atoms with Gasteiger partial charge >= 0.3 is 11.9 Å². The van der Waals surface area contributed by atoms with Crippen LogP contribution >= 0.6 is 0 Å². The number of nitrogens with one attached hydrogen (secondary N) is 4. The molecule has 0 unspecified atom stereocenters. The first-order chi connectivity index (χ1) is 21.3. The topological polar surface area (TPSA) is 270 Å². The van der Waals surface area contributed by atoms with Gasteiger partial charge in [-0.05, 0) is 6.42 Å². The zero-order chi connectivity index (χ0) is 34.4. The fourth-order valence-electron chi connectivity index (χ4n) is 3.22. The number of ether oxygens (including phenoxy) is 2. The summed E-state index contributed by atoms with van der Waals surface area (Å²) in [6, 6.07) is 0. The van der Waals surface area contributed by atoms with Crippen LogP contribution in [0.25, 0.3) is 0 Å². The fraction of sp³-hybridized carbons (Fsp3) is 0.615. The Morgan fingerprint density at radius 2 is 1.02 bits per heavy atom. The third kappa shape index (κ3) is 19.1. The van der Waals surface area contributed by atoms with Gasteiger partial charge in [-0.15, -0.1) is 0 Å². The number of esters is 2. The third-order valence-corrected chi connectivity index (χ3v) is 5.65. The van der Waals surface area contributed by atoms with Crippen LogP contribution in [0.1, 0.15) is 32.6 Å². The minimum absolute atomic E-state index is 0.181. The lowest BCUT2D eigenvalue weighted by Crippen LogP contribution is -2.48. The summed E-state index contributed by atoms with van der Waals surface area (Å²) in [4.78, 5) is 122. The predicted molar refractivity (Wildman–Crippen MR) is 152 cm³/mol. The molecule has 0 saturated carbocycles. The zero-order valence-electron chi connectivity index (χ0n) is 25.6. The second-order valence-corrected chi connectivity index (χ2v) is 9.29. The van der Waals surface area contributed by atoms with E-state index in [1.54, 1.807) is 6.92 Å². The van der Waals surface area contributed by atoms with E-state index in [1.165, 1.54) is 0 Å². The van der Waals surface area contributed by atoms with Crippen molar-refractivity contribution in [2.45, 2.75) is 32.6 Å². The highest BCUT2D eigenvalue weighted by Gasteiger charge is 2.23. The standard InChI is InChI=1S/C26H41N7O12/c1-4-5-17(34)9-28-21(38)10-29-22(39)14-33(16-26(43)45-3)24(41)11-30-19(36)7-6-18(35)13-32(15-25(42)44-2)23(40)12-31-20(37)8-27/h4-16,27H2,1-3H3,(H,28,38)(H,29,39)(H,30,36)(H,31,37). The second kappa shape index (κ2) is 22.6. The summed E-state index contributed by atoms with van der Waals surface area (Å²) in [5, 5.41) is 9.06. The molecule has 6 amide bonds. The summed E-state index contributed by atoms with van der Waals surface area (Å²) in [6.45, 7) is -2.93. The predicted octanol–water partition coefficient (Wildman–Crippen LogP) is -4.87. The van der Waals surface area contributed by atoms with E-state index < -0.39 is 105 Å². The molecular formula is C26H41N7O12. The van der Waals surface area contributed by atoms with Crippen molar-refractivity contribution in [2.24, 2.45) is 5.73 Å². The molecule has 0 aromatic rings. The number of ketones is 2. The summed E-state index contributed by atoms with van der Waals surface area (Å²) < 4.78 is 9.02. The largest absolute Gasteiger partial charge is 0.468 e. The maximum absolute atomic E-state index is 12.6. The molecule has 19 heteroatoms. The molecule has 0 radical (unpaired) electrons. The van der Waals surface area contributed by atoms with E-state index in [0.717, 1.165) is 24.0 Å². The number of hydrogen-bond donors (Lipinski definition) is 5. The van der Waals surface area contributed by atoms with Gasteiger partial charge in [-0.25, -0.2) is 0 Å². The Morgan fingerprint density at radius 3 is 1.53 bits per heavy atom. The van der Waals surface area contributed by atoms with Gasteiger partial charge in [0, 0.05) is 19.3 Å². The molecule has 0 aliphatic heterocycles. The third-order valence-electron chi connectivity index (χ3n) is 5.65. The van der Waals surface area contributed by atoms with Gasteiger partial charge in [0.2, 0.25) is 35.4 Å². The Morgan fingerprint density at radius 1 is 0.533 bits per heavy atom. The summed E-state index contributed by atoms with van der Waals surface area (Å²) in [5.74, 6) is -6.98. The van der Waals surface area contributed by atoms with Crippen LogP contribution in [0, 0.1) is 0 Å². The summed E-state index contributed by atoms with van der Waals surface area (Å²) in [5.41, 5.74) is 5.15. The fourth-order valence-corrected chi connectivity index (χ4v) is 3.22. The number of nitrogens with zero attached hydrogens (tertiary/aromatic N) is 2.